The van der Waals surface area contributed by atoms with Crippen LogP contribution in [0.5, 0.6) is 11.5 Å². The lowest BCUT2D eigenvalue weighted by atomic mass is 10.1. The van der Waals surface area contributed by atoms with E-state index in [4.69, 9.17) is 32.7 Å². The molecule has 1 aliphatic rings. The van der Waals surface area contributed by atoms with Crippen LogP contribution in [0.15, 0.2) is 64.6 Å². The zero-order valence-corrected chi connectivity index (χ0v) is 23.2. The van der Waals surface area contributed by atoms with Crippen molar-refractivity contribution in [3.8, 4) is 11.5 Å². The zero-order valence-electron chi connectivity index (χ0n) is 20.1. The van der Waals surface area contributed by atoms with Crippen LogP contribution >= 0.6 is 39.1 Å². The molecule has 0 aliphatic carbocycles. The molecule has 10 nitrogen and oxygen atoms in total. The molecule has 0 radical (unpaired) electrons. The summed E-state index contributed by atoms with van der Waals surface area (Å²) in [6, 6.07) is 12.0. The molecule has 39 heavy (non-hydrogen) atoms. The lowest BCUT2D eigenvalue weighted by Gasteiger charge is -2.26. The number of carbonyl (C=O) groups is 3. The van der Waals surface area contributed by atoms with Crippen molar-refractivity contribution in [2.24, 2.45) is 0 Å². The minimum absolute atomic E-state index is 0.0577. The van der Waals surface area contributed by atoms with Crippen LogP contribution in [-0.2, 0) is 16.2 Å². The van der Waals surface area contributed by atoms with E-state index in [1.807, 2.05) is 0 Å². The number of carbonyl (C=O) groups excluding carboxylic acids is 3. The number of imide groups is 2. The first-order valence-corrected chi connectivity index (χ1v) is 12.8. The van der Waals surface area contributed by atoms with E-state index in [9.17, 15) is 24.5 Å². The molecule has 3 aromatic carbocycles. The zero-order chi connectivity index (χ0) is 28.3. The Labute approximate surface area is 240 Å². The number of nitrogens with zero attached hydrogens (tertiary/aromatic N) is 2. The smallest absolute Gasteiger partial charge is 0.335 e. The molecule has 1 heterocycles. The summed E-state index contributed by atoms with van der Waals surface area (Å²) >= 11 is 15.6. The van der Waals surface area contributed by atoms with Crippen LogP contribution in [0.3, 0.4) is 0 Å². The average Bonchev–Trinajstić information content (AvgIpc) is 2.87. The summed E-state index contributed by atoms with van der Waals surface area (Å²) in [4.78, 5) is 49.3. The minimum atomic E-state index is -0.975. The lowest BCUT2D eigenvalue weighted by molar-refractivity contribution is -0.384. The second-order valence-electron chi connectivity index (χ2n) is 8.02. The molecule has 0 spiro atoms. The van der Waals surface area contributed by atoms with Gasteiger partial charge in [0, 0.05) is 27.7 Å². The van der Waals surface area contributed by atoms with Crippen LogP contribution < -0.4 is 19.7 Å². The number of barbiturate groups is 1. The van der Waals surface area contributed by atoms with Gasteiger partial charge >= 0.3 is 6.03 Å². The first-order valence-electron chi connectivity index (χ1n) is 11.3. The minimum Gasteiger partial charge on any atom is -0.490 e. The van der Waals surface area contributed by atoms with Gasteiger partial charge in [-0.15, -0.1) is 0 Å². The Bertz CT molecular complexity index is 1530. The largest absolute Gasteiger partial charge is 0.490 e. The van der Waals surface area contributed by atoms with Crippen molar-refractivity contribution in [2.45, 2.75) is 13.5 Å². The number of nitrogens with one attached hydrogen (secondary N) is 1. The summed E-state index contributed by atoms with van der Waals surface area (Å²) in [5, 5.41) is 14.0. The molecule has 3 aromatic rings. The first-order chi connectivity index (χ1) is 18.6. The predicted molar refractivity (Wildman–Crippen MR) is 148 cm³/mol. The third-order valence-electron chi connectivity index (χ3n) is 5.45. The van der Waals surface area contributed by atoms with E-state index in [1.165, 1.54) is 18.2 Å². The number of ether oxygens (including phenoxy) is 2. The van der Waals surface area contributed by atoms with Gasteiger partial charge in [0.25, 0.3) is 17.5 Å². The number of hydrogen-bond donors (Lipinski definition) is 1. The number of benzene rings is 3. The van der Waals surface area contributed by atoms with E-state index in [0.29, 0.717) is 43.8 Å². The van der Waals surface area contributed by atoms with Gasteiger partial charge < -0.3 is 9.47 Å². The molecular formula is C26H18BrCl2N3O7. The topological polar surface area (TPSA) is 128 Å². The molecule has 1 N–H and O–H groups in total. The Kier molecular flexibility index (Phi) is 8.54. The van der Waals surface area contributed by atoms with E-state index in [2.05, 4.69) is 21.2 Å². The van der Waals surface area contributed by atoms with Crippen LogP contribution in [0.4, 0.5) is 16.2 Å². The van der Waals surface area contributed by atoms with Gasteiger partial charge in [-0.2, -0.15) is 0 Å². The molecule has 1 saturated heterocycles. The van der Waals surface area contributed by atoms with E-state index in [-0.39, 0.29) is 23.6 Å². The van der Waals surface area contributed by atoms with Crippen LogP contribution in [0.2, 0.25) is 10.0 Å². The van der Waals surface area contributed by atoms with Crippen molar-refractivity contribution in [1.29, 1.82) is 0 Å². The fraction of sp³-hybridized carbons (Fsp3) is 0.115. The summed E-state index contributed by atoms with van der Waals surface area (Å²) in [6.07, 6.45) is 1.30. The maximum Gasteiger partial charge on any atom is 0.335 e. The predicted octanol–water partition coefficient (Wildman–Crippen LogP) is 6.31. The molecule has 0 bridgehead atoms. The van der Waals surface area contributed by atoms with Gasteiger partial charge in [0.1, 0.15) is 12.2 Å². The molecule has 4 rings (SSSR count). The Morgan fingerprint density at radius 1 is 1.05 bits per heavy atom. The molecule has 0 atom stereocenters. The third kappa shape index (κ3) is 6.22. The van der Waals surface area contributed by atoms with Crippen molar-refractivity contribution >= 4 is 74.4 Å². The number of rotatable bonds is 8. The molecule has 1 aliphatic heterocycles. The molecule has 0 unspecified atom stereocenters. The number of urea groups is 1. The maximum atomic E-state index is 13.2. The van der Waals surface area contributed by atoms with Gasteiger partial charge in [-0.1, -0.05) is 29.3 Å². The van der Waals surface area contributed by atoms with E-state index < -0.39 is 22.8 Å². The van der Waals surface area contributed by atoms with Crippen LogP contribution in [-0.4, -0.2) is 29.4 Å². The van der Waals surface area contributed by atoms with Gasteiger partial charge in [0.05, 0.1) is 21.7 Å². The van der Waals surface area contributed by atoms with Gasteiger partial charge in [-0.3, -0.25) is 25.0 Å². The highest BCUT2D eigenvalue weighted by Gasteiger charge is 2.37. The van der Waals surface area contributed by atoms with E-state index in [1.54, 1.807) is 37.3 Å². The van der Waals surface area contributed by atoms with Crippen LogP contribution in [0.25, 0.3) is 6.08 Å². The highest BCUT2D eigenvalue weighted by Crippen LogP contribution is 2.39. The third-order valence-corrected chi connectivity index (χ3v) is 6.63. The Morgan fingerprint density at radius 3 is 2.41 bits per heavy atom. The molecule has 0 aromatic heterocycles. The monoisotopic (exact) mass is 633 g/mol. The molecular weight excluding hydrogens is 617 g/mol. The van der Waals surface area contributed by atoms with Gasteiger partial charge in [0.15, 0.2) is 11.5 Å². The van der Waals surface area contributed by atoms with Crippen molar-refractivity contribution in [1.82, 2.24) is 5.32 Å². The van der Waals surface area contributed by atoms with Gasteiger partial charge in [0.2, 0.25) is 0 Å². The summed E-state index contributed by atoms with van der Waals surface area (Å²) in [5.74, 6) is -1.10. The van der Waals surface area contributed by atoms with Gasteiger partial charge in [-0.25, -0.2) is 9.69 Å². The normalized spacial score (nSPS) is 14.4. The lowest BCUT2D eigenvalue weighted by Crippen LogP contribution is -2.54. The number of anilines is 1. The van der Waals surface area contributed by atoms with E-state index >= 15 is 0 Å². The molecule has 0 saturated carbocycles. The van der Waals surface area contributed by atoms with Crippen LogP contribution in [0.1, 0.15) is 18.1 Å². The highest BCUT2D eigenvalue weighted by molar-refractivity contribution is 9.10. The van der Waals surface area contributed by atoms with Crippen molar-refractivity contribution in [2.75, 3.05) is 11.5 Å². The first kappa shape index (κ1) is 28.1. The molecule has 4 amide bonds. The Balaban J connectivity index is 1.65. The fourth-order valence-electron chi connectivity index (χ4n) is 3.64. The van der Waals surface area contributed by atoms with Crippen LogP contribution in [0, 0.1) is 10.1 Å². The summed E-state index contributed by atoms with van der Waals surface area (Å²) in [6.45, 7) is 2.19. The number of amides is 4. The average molecular weight is 635 g/mol. The van der Waals surface area contributed by atoms with Crippen molar-refractivity contribution in [3.05, 3.63) is 95.9 Å². The summed E-state index contributed by atoms with van der Waals surface area (Å²) in [7, 11) is 0. The molecule has 1 fully saturated rings. The summed E-state index contributed by atoms with van der Waals surface area (Å²) < 4.78 is 12.2. The number of nitro benzene ring substituents is 1. The van der Waals surface area contributed by atoms with E-state index in [0.717, 1.165) is 17.0 Å². The highest BCUT2D eigenvalue weighted by atomic mass is 79.9. The van der Waals surface area contributed by atoms with Crippen molar-refractivity contribution in [3.63, 3.8) is 0 Å². The Morgan fingerprint density at radius 2 is 1.77 bits per heavy atom. The number of nitro groups is 1. The molecule has 200 valence electrons. The number of hydrogen-bond acceptors (Lipinski definition) is 7. The maximum absolute atomic E-state index is 13.2. The fourth-order valence-corrected chi connectivity index (χ4v) is 4.68. The van der Waals surface area contributed by atoms with Gasteiger partial charge in [-0.05, 0) is 70.9 Å². The number of non-ortho nitro benzene ring substituents is 1. The molecule has 13 heteroatoms. The number of halogens is 3. The quantitative estimate of drug-likeness (QED) is 0.133. The summed E-state index contributed by atoms with van der Waals surface area (Å²) in [5.41, 5.74) is 0.608. The standard InChI is InChI=1S/C26H18BrCl2N3O7/c1-2-38-22-11-14(10-20(27)23(22)39-13-15-3-4-16(28)12-21(15)29)9-19-24(33)30-26(35)31(25(19)34)17-5-7-18(8-6-17)32(36)37/h3-12H,2,13H2,1H3,(H,30,33,35)/b19-9+. The second kappa shape index (κ2) is 11.9. The SMILES string of the molecule is CCOc1cc(/C=C2\C(=O)NC(=O)N(c3ccc([N+](=O)[O-])cc3)C2=O)cc(Br)c1OCc1ccc(Cl)cc1Cl. The van der Waals surface area contributed by atoms with Crippen molar-refractivity contribution < 1.29 is 28.8 Å². The second-order valence-corrected chi connectivity index (χ2v) is 9.72. The Hall–Kier alpha value is -3.93.